The monoisotopic (exact) mass is 825 g/mol. The number of nitrogens with zero attached hydrogens (tertiary/aromatic N) is 3. The normalized spacial score (nSPS) is 12.7. The average Bonchev–Trinajstić information content (AvgIpc) is 4.02. The Hall–Kier alpha value is -7.97. The molecule has 298 valence electrons. The molecule has 12 rings (SSSR count). The van der Waals surface area contributed by atoms with Crippen LogP contribution in [0.2, 0.25) is 0 Å². The lowest BCUT2D eigenvalue weighted by atomic mass is 9.90. The Morgan fingerprint density at radius 3 is 1.42 bits per heavy atom. The van der Waals surface area contributed by atoms with E-state index in [0.29, 0.717) is 78.1 Å². The number of alkyl halides is 6. The molecule has 11 heteroatoms. The number of nitriles is 1. The molecule has 0 bridgehead atoms. The van der Waals surface area contributed by atoms with E-state index in [2.05, 4.69) is 6.07 Å². The number of hydrogen-bond acceptors (Lipinski definition) is 3. The van der Waals surface area contributed by atoms with Crippen molar-refractivity contribution in [3.8, 4) is 28.6 Å². The van der Waals surface area contributed by atoms with E-state index in [9.17, 15) is 5.26 Å². The van der Waals surface area contributed by atoms with Crippen molar-refractivity contribution in [2.45, 2.75) is 12.4 Å². The van der Waals surface area contributed by atoms with Crippen LogP contribution in [0.3, 0.4) is 0 Å². The summed E-state index contributed by atoms with van der Waals surface area (Å²) in [6, 6.07) is 44.0. The first-order valence-electron chi connectivity index (χ1n) is 19.6. The van der Waals surface area contributed by atoms with Crippen molar-refractivity contribution in [2.24, 2.45) is 0 Å². The zero-order valence-electron chi connectivity index (χ0n) is 31.9. The second-order valence-corrected chi connectivity index (χ2v) is 15.3. The van der Waals surface area contributed by atoms with Crippen molar-refractivity contribution in [3.63, 3.8) is 0 Å². The predicted octanol–water partition coefficient (Wildman–Crippen LogP) is 15.3. The standard InChI is InChI=1S/C51H25F6N3O2/c52-50(53,54)35-14-9-15-36(51(55,56)57)44(35)33-20-23-39(59-37-16-5-1-10-27(37)29-21-24-42-45(48(29)59)31-12-3-7-18-40(31)61-42)34(26-58)47(33)60-38-17-6-2-11-28(38)30-22-25-43-46(49(30)60)32-13-4-8-19-41(32)62-43/h1-25H. The van der Waals surface area contributed by atoms with Crippen LogP contribution >= 0.6 is 0 Å². The van der Waals surface area contributed by atoms with Gasteiger partial charge in [-0.1, -0.05) is 84.9 Å². The van der Waals surface area contributed by atoms with Gasteiger partial charge in [0.2, 0.25) is 0 Å². The molecule has 0 radical (unpaired) electrons. The number of rotatable bonds is 3. The maximum absolute atomic E-state index is 15.2. The first-order valence-corrected chi connectivity index (χ1v) is 19.6. The molecule has 0 unspecified atom stereocenters. The fourth-order valence-electron chi connectivity index (χ4n) is 9.64. The van der Waals surface area contributed by atoms with Crippen LogP contribution in [0.5, 0.6) is 0 Å². The minimum absolute atomic E-state index is 0.160. The van der Waals surface area contributed by atoms with E-state index >= 15 is 26.3 Å². The summed E-state index contributed by atoms with van der Waals surface area (Å²) < 4.78 is 108. The van der Waals surface area contributed by atoms with Gasteiger partial charge in [0.15, 0.2) is 0 Å². The van der Waals surface area contributed by atoms with E-state index in [-0.39, 0.29) is 16.9 Å². The van der Waals surface area contributed by atoms with Crippen LogP contribution in [-0.4, -0.2) is 9.13 Å². The molecule has 0 N–H and O–H groups in total. The number of hydrogen-bond donors (Lipinski definition) is 0. The van der Waals surface area contributed by atoms with Crippen LogP contribution in [0, 0.1) is 11.3 Å². The Labute approximate surface area is 345 Å². The Balaban J connectivity index is 1.35. The number of furan rings is 2. The third kappa shape index (κ3) is 4.86. The summed E-state index contributed by atoms with van der Waals surface area (Å²) in [5.41, 5.74) is -0.212. The fourth-order valence-corrected chi connectivity index (χ4v) is 9.64. The lowest BCUT2D eigenvalue weighted by Gasteiger charge is -2.24. The second-order valence-electron chi connectivity index (χ2n) is 15.3. The molecular weight excluding hydrogens is 801 g/mol. The summed E-state index contributed by atoms with van der Waals surface area (Å²) in [4.78, 5) is 0. The highest BCUT2D eigenvalue weighted by atomic mass is 19.4. The van der Waals surface area contributed by atoms with E-state index < -0.39 is 34.6 Å². The predicted molar refractivity (Wildman–Crippen MR) is 230 cm³/mol. The van der Waals surface area contributed by atoms with Crippen LogP contribution in [0.4, 0.5) is 26.3 Å². The smallest absolute Gasteiger partial charge is 0.417 e. The molecule has 4 aromatic heterocycles. The first-order chi connectivity index (χ1) is 30.0. The minimum atomic E-state index is -5.21. The molecule has 0 aliphatic rings. The number of fused-ring (bicyclic) bond motifs is 14. The van der Waals surface area contributed by atoms with Crippen molar-refractivity contribution in [3.05, 3.63) is 168 Å². The zero-order chi connectivity index (χ0) is 42.2. The van der Waals surface area contributed by atoms with Crippen LogP contribution < -0.4 is 0 Å². The van der Waals surface area contributed by atoms with E-state index in [1.165, 1.54) is 12.1 Å². The fraction of sp³-hybridized carbons (Fsp3) is 0.0392. The van der Waals surface area contributed by atoms with Gasteiger partial charge >= 0.3 is 12.4 Å². The van der Waals surface area contributed by atoms with Gasteiger partial charge in [0.1, 0.15) is 34.0 Å². The first kappa shape index (κ1) is 35.9. The van der Waals surface area contributed by atoms with Gasteiger partial charge in [0, 0.05) is 43.4 Å². The topological polar surface area (TPSA) is 59.9 Å². The summed E-state index contributed by atoms with van der Waals surface area (Å²) >= 11 is 0. The molecule has 5 nitrogen and oxygen atoms in total. The second kappa shape index (κ2) is 12.5. The SMILES string of the molecule is N#Cc1c(-n2c3ccccc3c3ccc4oc5ccccc5c4c32)ccc(-c2c(C(F)(F)F)cccc2C(F)(F)F)c1-n1c2ccccc2c2ccc3oc4ccccc4c3c21. The largest absolute Gasteiger partial charge is 0.456 e. The third-order valence-corrected chi connectivity index (χ3v) is 12.0. The van der Waals surface area contributed by atoms with Crippen molar-refractivity contribution in [1.82, 2.24) is 9.13 Å². The molecule has 0 atom stereocenters. The quantitative estimate of drug-likeness (QED) is 0.167. The highest BCUT2D eigenvalue weighted by Crippen LogP contribution is 2.51. The summed E-state index contributed by atoms with van der Waals surface area (Å²) in [5, 5.41) is 17.4. The lowest BCUT2D eigenvalue weighted by molar-refractivity contribution is -0.142. The van der Waals surface area contributed by atoms with Gasteiger partial charge in [-0.15, -0.1) is 0 Å². The maximum Gasteiger partial charge on any atom is 0.417 e. The third-order valence-electron chi connectivity index (χ3n) is 12.0. The van der Waals surface area contributed by atoms with E-state index in [1.807, 2.05) is 102 Å². The van der Waals surface area contributed by atoms with Gasteiger partial charge in [-0.25, -0.2) is 0 Å². The molecular formula is C51H25F6N3O2. The van der Waals surface area contributed by atoms with E-state index in [4.69, 9.17) is 8.83 Å². The van der Waals surface area contributed by atoms with Crippen molar-refractivity contribution in [2.75, 3.05) is 0 Å². The number of halogens is 6. The van der Waals surface area contributed by atoms with Crippen molar-refractivity contribution >= 4 is 87.5 Å². The lowest BCUT2D eigenvalue weighted by Crippen LogP contribution is -2.16. The van der Waals surface area contributed by atoms with Gasteiger partial charge in [0.05, 0.1) is 55.3 Å². The van der Waals surface area contributed by atoms with Gasteiger partial charge in [0.25, 0.3) is 0 Å². The molecule has 0 saturated heterocycles. The van der Waals surface area contributed by atoms with E-state index in [0.717, 1.165) is 27.6 Å². The molecule has 62 heavy (non-hydrogen) atoms. The number of aromatic nitrogens is 2. The zero-order valence-corrected chi connectivity index (χ0v) is 31.9. The number of para-hydroxylation sites is 4. The molecule has 0 aliphatic heterocycles. The van der Waals surface area contributed by atoms with Crippen LogP contribution in [0.15, 0.2) is 160 Å². The summed E-state index contributed by atoms with van der Waals surface area (Å²) in [7, 11) is 0. The van der Waals surface area contributed by atoms with E-state index in [1.54, 1.807) is 28.8 Å². The van der Waals surface area contributed by atoms with Crippen molar-refractivity contribution in [1.29, 1.82) is 5.26 Å². The molecule has 4 heterocycles. The molecule has 0 fully saturated rings. The van der Waals surface area contributed by atoms with Crippen LogP contribution in [0.25, 0.3) is 110 Å². The molecule has 0 saturated carbocycles. The summed E-state index contributed by atoms with van der Waals surface area (Å²) in [6.07, 6.45) is -10.4. The Morgan fingerprint density at radius 1 is 0.435 bits per heavy atom. The number of benzene rings is 8. The Bertz CT molecular complexity index is 3900. The molecule has 12 aromatic rings. The van der Waals surface area contributed by atoms with Crippen LogP contribution in [-0.2, 0) is 12.4 Å². The van der Waals surface area contributed by atoms with Gasteiger partial charge in [-0.05, 0) is 66.7 Å². The van der Waals surface area contributed by atoms with Gasteiger partial charge < -0.3 is 18.0 Å². The molecule has 0 spiro atoms. The highest BCUT2D eigenvalue weighted by molar-refractivity contribution is 6.26. The molecule has 0 aliphatic carbocycles. The Kier molecular flexibility index (Phi) is 7.26. The highest BCUT2D eigenvalue weighted by Gasteiger charge is 2.42. The van der Waals surface area contributed by atoms with Crippen molar-refractivity contribution < 1.29 is 35.2 Å². The average molecular weight is 826 g/mol. The molecule has 0 amide bonds. The van der Waals surface area contributed by atoms with Crippen LogP contribution in [0.1, 0.15) is 16.7 Å². The summed E-state index contributed by atoms with van der Waals surface area (Å²) in [6.45, 7) is 0. The minimum Gasteiger partial charge on any atom is -0.456 e. The maximum atomic E-state index is 15.2. The van der Waals surface area contributed by atoms with Gasteiger partial charge in [-0.2, -0.15) is 31.6 Å². The molecule has 8 aromatic carbocycles. The van der Waals surface area contributed by atoms with Gasteiger partial charge in [-0.3, -0.25) is 0 Å². The Morgan fingerprint density at radius 2 is 0.903 bits per heavy atom. The summed E-state index contributed by atoms with van der Waals surface area (Å²) in [5.74, 6) is 0.